The molecule has 0 aliphatic carbocycles. The number of ether oxygens (including phenoxy) is 1. The van der Waals surface area contributed by atoms with Crippen LogP contribution in [0.15, 0.2) is 60.7 Å². The second-order valence-corrected chi connectivity index (χ2v) is 7.55. The van der Waals surface area contributed by atoms with Gasteiger partial charge in [-0.05, 0) is 17.0 Å². The number of fused-ring (bicyclic) bond motifs is 1. The standard InChI is InChI=1S/C22H26N2O3/c25-15-21-20-14-23(11-17-7-3-1-4-8-17)12-19(20)13-24(21)22(26)27-16-18-9-5-2-6-10-18/h1-10,19-21,25H,11-16H2/t19-,20-,21+/m0/s1. The number of rotatable bonds is 5. The number of aliphatic hydroxyl groups is 1. The number of hydrogen-bond acceptors (Lipinski definition) is 4. The molecule has 2 aromatic carbocycles. The molecular weight excluding hydrogens is 340 g/mol. The Kier molecular flexibility index (Phi) is 5.41. The molecule has 142 valence electrons. The molecule has 0 radical (unpaired) electrons. The van der Waals surface area contributed by atoms with E-state index in [9.17, 15) is 9.90 Å². The van der Waals surface area contributed by atoms with E-state index < -0.39 is 0 Å². The summed E-state index contributed by atoms with van der Waals surface area (Å²) in [5, 5.41) is 9.93. The molecule has 5 nitrogen and oxygen atoms in total. The van der Waals surface area contributed by atoms with Crippen molar-refractivity contribution < 1.29 is 14.6 Å². The summed E-state index contributed by atoms with van der Waals surface area (Å²) >= 11 is 0. The molecule has 0 unspecified atom stereocenters. The fourth-order valence-corrected chi connectivity index (χ4v) is 4.45. The first kappa shape index (κ1) is 18.0. The summed E-state index contributed by atoms with van der Waals surface area (Å²) in [5.74, 6) is 0.707. The van der Waals surface area contributed by atoms with Crippen LogP contribution in [0.4, 0.5) is 4.79 Å². The Morgan fingerprint density at radius 3 is 2.30 bits per heavy atom. The lowest BCUT2D eigenvalue weighted by Crippen LogP contribution is -2.42. The predicted molar refractivity (Wildman–Crippen MR) is 103 cm³/mol. The highest BCUT2D eigenvalue weighted by Gasteiger charge is 2.48. The average molecular weight is 366 g/mol. The topological polar surface area (TPSA) is 53.0 Å². The van der Waals surface area contributed by atoms with E-state index in [0.717, 1.165) is 25.2 Å². The highest BCUT2D eigenvalue weighted by molar-refractivity contribution is 5.68. The molecule has 4 rings (SSSR count). The van der Waals surface area contributed by atoms with Gasteiger partial charge in [0.25, 0.3) is 0 Å². The first-order valence-electron chi connectivity index (χ1n) is 9.59. The monoisotopic (exact) mass is 366 g/mol. The van der Waals surface area contributed by atoms with Gasteiger partial charge in [-0.1, -0.05) is 60.7 Å². The fraction of sp³-hybridized carbons (Fsp3) is 0.409. The molecule has 1 amide bonds. The third-order valence-electron chi connectivity index (χ3n) is 5.77. The van der Waals surface area contributed by atoms with E-state index in [0.29, 0.717) is 18.4 Å². The van der Waals surface area contributed by atoms with Gasteiger partial charge in [-0.15, -0.1) is 0 Å². The van der Waals surface area contributed by atoms with Gasteiger partial charge in [-0.3, -0.25) is 4.90 Å². The van der Waals surface area contributed by atoms with Gasteiger partial charge in [0.15, 0.2) is 0 Å². The second-order valence-electron chi connectivity index (χ2n) is 7.55. The zero-order valence-corrected chi connectivity index (χ0v) is 15.4. The van der Waals surface area contributed by atoms with Crippen molar-refractivity contribution in [2.24, 2.45) is 11.8 Å². The van der Waals surface area contributed by atoms with Crippen LogP contribution in [0.3, 0.4) is 0 Å². The predicted octanol–water partition coefficient (Wildman–Crippen LogP) is 2.75. The normalized spacial score (nSPS) is 24.8. The van der Waals surface area contributed by atoms with Crippen molar-refractivity contribution in [2.45, 2.75) is 19.2 Å². The van der Waals surface area contributed by atoms with Crippen molar-refractivity contribution in [1.82, 2.24) is 9.80 Å². The van der Waals surface area contributed by atoms with Gasteiger partial charge in [0, 0.05) is 32.1 Å². The van der Waals surface area contributed by atoms with Crippen LogP contribution < -0.4 is 0 Å². The molecule has 2 saturated heterocycles. The van der Waals surface area contributed by atoms with Crippen LogP contribution in [0.5, 0.6) is 0 Å². The van der Waals surface area contributed by atoms with Crippen LogP contribution in [0, 0.1) is 11.8 Å². The van der Waals surface area contributed by atoms with Crippen LogP contribution in [0.25, 0.3) is 0 Å². The molecule has 0 bridgehead atoms. The van der Waals surface area contributed by atoms with Crippen LogP contribution in [0.1, 0.15) is 11.1 Å². The maximum atomic E-state index is 12.6. The van der Waals surface area contributed by atoms with Gasteiger partial charge in [-0.2, -0.15) is 0 Å². The van der Waals surface area contributed by atoms with Gasteiger partial charge < -0.3 is 14.7 Å². The Hall–Kier alpha value is -2.37. The number of aliphatic hydroxyl groups excluding tert-OH is 1. The fourth-order valence-electron chi connectivity index (χ4n) is 4.45. The van der Waals surface area contributed by atoms with Crippen molar-refractivity contribution in [3.05, 3.63) is 71.8 Å². The largest absolute Gasteiger partial charge is 0.445 e. The third kappa shape index (κ3) is 3.99. The minimum absolute atomic E-state index is 0.0131. The molecule has 2 fully saturated rings. The van der Waals surface area contributed by atoms with Gasteiger partial charge in [-0.25, -0.2) is 4.79 Å². The molecule has 0 saturated carbocycles. The summed E-state index contributed by atoms with van der Waals surface area (Å²) in [6, 6.07) is 20.0. The summed E-state index contributed by atoms with van der Waals surface area (Å²) in [5.41, 5.74) is 2.27. The number of benzene rings is 2. The van der Waals surface area contributed by atoms with Crippen LogP contribution >= 0.6 is 0 Å². The molecule has 2 aliphatic heterocycles. The van der Waals surface area contributed by atoms with Crippen LogP contribution in [-0.4, -0.2) is 53.3 Å². The zero-order chi connectivity index (χ0) is 18.6. The molecular formula is C22H26N2O3. The second kappa shape index (κ2) is 8.11. The zero-order valence-electron chi connectivity index (χ0n) is 15.4. The van der Waals surface area contributed by atoms with Crippen molar-refractivity contribution in [1.29, 1.82) is 0 Å². The number of carbonyl (C=O) groups excluding carboxylic acids is 1. The smallest absolute Gasteiger partial charge is 0.410 e. The Morgan fingerprint density at radius 1 is 0.963 bits per heavy atom. The van der Waals surface area contributed by atoms with Gasteiger partial charge in [0.2, 0.25) is 0 Å². The lowest BCUT2D eigenvalue weighted by molar-refractivity contribution is 0.0688. The summed E-state index contributed by atoms with van der Waals surface area (Å²) in [4.78, 5) is 16.7. The summed E-state index contributed by atoms with van der Waals surface area (Å²) in [7, 11) is 0. The van der Waals surface area contributed by atoms with Crippen LogP contribution in [-0.2, 0) is 17.9 Å². The molecule has 2 heterocycles. The maximum absolute atomic E-state index is 12.6. The third-order valence-corrected chi connectivity index (χ3v) is 5.77. The molecule has 2 aliphatic rings. The minimum Gasteiger partial charge on any atom is -0.445 e. The van der Waals surface area contributed by atoms with E-state index in [1.807, 2.05) is 36.4 Å². The first-order valence-corrected chi connectivity index (χ1v) is 9.59. The number of carbonyl (C=O) groups is 1. The highest BCUT2D eigenvalue weighted by atomic mass is 16.6. The van der Waals surface area contributed by atoms with Gasteiger partial charge in [0.1, 0.15) is 6.61 Å². The van der Waals surface area contributed by atoms with E-state index in [-0.39, 0.29) is 25.3 Å². The Labute approximate surface area is 160 Å². The number of amides is 1. The molecule has 1 N–H and O–H groups in total. The van der Waals surface area contributed by atoms with Crippen molar-refractivity contribution in [3.8, 4) is 0 Å². The molecule has 0 spiro atoms. The maximum Gasteiger partial charge on any atom is 0.410 e. The molecule has 3 atom stereocenters. The number of likely N-dealkylation sites (tertiary alicyclic amines) is 2. The SMILES string of the molecule is O=C(OCc1ccccc1)N1C[C@@H]2CN(Cc3ccccc3)C[C@@H]2[C@H]1CO. The van der Waals surface area contributed by atoms with Crippen LogP contribution in [0.2, 0.25) is 0 Å². The van der Waals surface area contributed by atoms with Crippen molar-refractivity contribution in [2.75, 3.05) is 26.2 Å². The van der Waals surface area contributed by atoms with Crippen molar-refractivity contribution >= 4 is 6.09 Å². The summed E-state index contributed by atoms with van der Waals surface area (Å²) in [6.45, 7) is 3.70. The average Bonchev–Trinajstić information content (AvgIpc) is 3.24. The lowest BCUT2D eigenvalue weighted by Gasteiger charge is -2.27. The lowest BCUT2D eigenvalue weighted by atomic mass is 9.95. The molecule has 5 heteroatoms. The Morgan fingerprint density at radius 2 is 1.63 bits per heavy atom. The Bertz CT molecular complexity index is 753. The quantitative estimate of drug-likeness (QED) is 0.884. The van der Waals surface area contributed by atoms with E-state index >= 15 is 0 Å². The summed E-state index contributed by atoms with van der Waals surface area (Å²) in [6.07, 6.45) is -0.318. The number of nitrogens with zero attached hydrogens (tertiary/aromatic N) is 2. The molecule has 27 heavy (non-hydrogen) atoms. The van der Waals surface area contributed by atoms with E-state index in [4.69, 9.17) is 4.74 Å². The van der Waals surface area contributed by atoms with Gasteiger partial charge >= 0.3 is 6.09 Å². The molecule has 0 aromatic heterocycles. The van der Waals surface area contributed by atoms with E-state index in [1.54, 1.807) is 4.90 Å². The Balaban J connectivity index is 1.34. The van der Waals surface area contributed by atoms with Crippen molar-refractivity contribution in [3.63, 3.8) is 0 Å². The summed E-state index contributed by atoms with van der Waals surface area (Å²) < 4.78 is 5.49. The first-order chi connectivity index (χ1) is 13.2. The minimum atomic E-state index is -0.318. The molecule has 2 aromatic rings. The van der Waals surface area contributed by atoms with E-state index in [2.05, 4.69) is 29.2 Å². The van der Waals surface area contributed by atoms with E-state index in [1.165, 1.54) is 5.56 Å². The number of hydrogen-bond donors (Lipinski definition) is 1. The highest BCUT2D eigenvalue weighted by Crippen LogP contribution is 2.37. The van der Waals surface area contributed by atoms with Gasteiger partial charge in [0.05, 0.1) is 12.6 Å².